The molecule has 1 aromatic carbocycles. The molecule has 0 radical (unpaired) electrons. The normalized spacial score (nSPS) is 40.4. The molecule has 1 saturated heterocycles. The van der Waals surface area contributed by atoms with Crippen molar-refractivity contribution in [3.05, 3.63) is 60.2 Å². The predicted octanol–water partition coefficient (Wildman–Crippen LogP) is 6.44. The summed E-state index contributed by atoms with van der Waals surface area (Å²) in [6, 6.07) is 8.29. The molecule has 12 heteroatoms. The number of methoxy groups -OCH3 is 4. The maximum Gasteiger partial charge on any atom is 0.338 e. The second-order valence-electron chi connectivity index (χ2n) is 19.3. The van der Waals surface area contributed by atoms with Gasteiger partial charge in [0.15, 0.2) is 5.60 Å². The van der Waals surface area contributed by atoms with Gasteiger partial charge in [-0.25, -0.2) is 4.79 Å². The van der Waals surface area contributed by atoms with Crippen molar-refractivity contribution in [2.75, 3.05) is 48.1 Å². The largest absolute Gasteiger partial charge is 0.455 e. The van der Waals surface area contributed by atoms with Gasteiger partial charge in [0, 0.05) is 82.5 Å². The first-order chi connectivity index (χ1) is 30.0. The summed E-state index contributed by atoms with van der Waals surface area (Å²) >= 11 is 0. The van der Waals surface area contributed by atoms with E-state index in [4.69, 9.17) is 28.4 Å². The van der Waals surface area contributed by atoms with Crippen molar-refractivity contribution in [3.8, 4) is 0 Å². The van der Waals surface area contributed by atoms with Crippen LogP contribution in [0.2, 0.25) is 0 Å². The van der Waals surface area contributed by atoms with Gasteiger partial charge in [0.25, 0.3) is 0 Å². The number of nitrogens with zero attached hydrogens (tertiary/aromatic N) is 1. The Bertz CT molecular complexity index is 1720. The van der Waals surface area contributed by atoms with Crippen molar-refractivity contribution in [1.82, 2.24) is 4.90 Å². The minimum absolute atomic E-state index is 0.0803. The lowest BCUT2D eigenvalue weighted by Crippen LogP contribution is -2.81. The lowest BCUT2D eigenvalue weighted by Gasteiger charge is -2.70. The molecule has 7 rings (SSSR count). The van der Waals surface area contributed by atoms with Gasteiger partial charge in [0.1, 0.15) is 23.9 Å². The number of rotatable bonds is 23. The molecule has 7 bridgehead atoms. The lowest BCUT2D eigenvalue weighted by molar-refractivity contribution is -0.323. The summed E-state index contributed by atoms with van der Waals surface area (Å²) in [5.74, 6) is -3.53. The molecule has 1 spiro atoms. The third-order valence-corrected chi connectivity index (χ3v) is 16.5. The number of hydrogen-bond donors (Lipinski definition) is 3. The molecule has 346 valence electrons. The minimum atomic E-state index is -1.85. The average Bonchev–Trinajstić information content (AvgIpc) is 3.65. The van der Waals surface area contributed by atoms with Gasteiger partial charge in [-0.3, -0.25) is 9.69 Å². The number of carbonyl (C=O) groups excluding carboxylic acids is 2. The monoisotopic (exact) mass is 866 g/mol. The van der Waals surface area contributed by atoms with Crippen molar-refractivity contribution in [1.29, 1.82) is 0 Å². The van der Waals surface area contributed by atoms with Crippen molar-refractivity contribution < 1.29 is 53.3 Å². The molecule has 0 aromatic heterocycles. The number of aliphatic hydroxyl groups excluding tert-OH is 2. The van der Waals surface area contributed by atoms with Gasteiger partial charge in [-0.1, -0.05) is 88.5 Å². The number of allylic oxidation sites excluding steroid dienone is 4. The fourth-order valence-electron chi connectivity index (χ4n) is 14.4. The molecular weight excluding hydrogens is 791 g/mol. The molecule has 12 nitrogen and oxygen atoms in total. The first-order valence-electron chi connectivity index (χ1n) is 23.7. The number of ether oxygens (including phenoxy) is 6. The molecule has 3 N–H and O–H groups in total. The smallest absolute Gasteiger partial charge is 0.338 e. The van der Waals surface area contributed by atoms with Crippen molar-refractivity contribution in [2.45, 2.75) is 158 Å². The summed E-state index contributed by atoms with van der Waals surface area (Å²) in [6.07, 6.45) is 15.2. The Kier molecular flexibility index (Phi) is 15.1. The van der Waals surface area contributed by atoms with Gasteiger partial charge in [0.2, 0.25) is 0 Å². The van der Waals surface area contributed by atoms with Crippen LogP contribution >= 0.6 is 0 Å². The number of piperidine rings is 1. The molecule has 6 aliphatic rings. The summed E-state index contributed by atoms with van der Waals surface area (Å²) in [5, 5.41) is 38.4. The maximum absolute atomic E-state index is 14.6. The Balaban J connectivity index is 1.20. The second kappa shape index (κ2) is 19.8. The van der Waals surface area contributed by atoms with Crippen LogP contribution in [0.4, 0.5) is 0 Å². The van der Waals surface area contributed by atoms with Crippen molar-refractivity contribution in [3.63, 3.8) is 0 Å². The van der Waals surface area contributed by atoms with E-state index >= 15 is 0 Å². The average molecular weight is 866 g/mol. The van der Waals surface area contributed by atoms with E-state index in [9.17, 15) is 24.9 Å². The summed E-state index contributed by atoms with van der Waals surface area (Å²) in [5.41, 5.74) is -4.87. The van der Waals surface area contributed by atoms with Crippen LogP contribution in [0.25, 0.3) is 0 Å². The highest BCUT2D eigenvalue weighted by atomic mass is 16.6. The number of fused-ring (bicyclic) bond motifs is 2. The van der Waals surface area contributed by atoms with Gasteiger partial charge in [-0.15, -0.1) is 0 Å². The number of aliphatic hydroxyl groups is 3. The summed E-state index contributed by atoms with van der Waals surface area (Å²) in [4.78, 5) is 31.0. The second-order valence-corrected chi connectivity index (χ2v) is 19.3. The van der Waals surface area contributed by atoms with Crippen LogP contribution in [0.15, 0.2) is 54.6 Å². The highest BCUT2D eigenvalue weighted by molar-refractivity contribution is 5.89. The Hall–Kier alpha value is -2.68. The highest BCUT2D eigenvalue weighted by Crippen LogP contribution is 2.80. The highest BCUT2D eigenvalue weighted by Gasteiger charge is 2.92. The topological polar surface area (TPSA) is 153 Å². The Morgan fingerprint density at radius 3 is 2.18 bits per heavy atom. The molecule has 5 aliphatic carbocycles. The number of hydrogen-bond acceptors (Lipinski definition) is 12. The van der Waals surface area contributed by atoms with Crippen LogP contribution in [0.1, 0.15) is 114 Å². The first kappa shape index (κ1) is 47.3. The molecule has 5 saturated carbocycles. The zero-order chi connectivity index (χ0) is 44.3. The van der Waals surface area contributed by atoms with E-state index in [2.05, 4.69) is 43.1 Å². The molecule has 0 amide bonds. The van der Waals surface area contributed by atoms with E-state index < -0.39 is 88.3 Å². The van der Waals surface area contributed by atoms with E-state index in [-0.39, 0.29) is 31.4 Å². The van der Waals surface area contributed by atoms with E-state index in [1.54, 1.807) is 45.6 Å². The van der Waals surface area contributed by atoms with Crippen molar-refractivity contribution >= 4 is 11.9 Å². The zero-order valence-electron chi connectivity index (χ0n) is 38.1. The summed E-state index contributed by atoms with van der Waals surface area (Å²) < 4.78 is 38.7. The van der Waals surface area contributed by atoms with Crippen LogP contribution < -0.4 is 0 Å². The van der Waals surface area contributed by atoms with Crippen molar-refractivity contribution in [2.24, 2.45) is 34.5 Å². The Labute approximate surface area is 369 Å². The first-order valence-corrected chi connectivity index (χ1v) is 23.7. The van der Waals surface area contributed by atoms with Crippen LogP contribution in [0, 0.1) is 34.5 Å². The molecule has 1 heterocycles. The SMILES string of the molecule is CCCCC/C=C\C/C=C\CCCCCCCC(=O)O[C@@]12[C@@H]3[C@H](OC)[C@@H]4[C@]5(COC)CN(CC)[C@H]3[C@]4([C@@H](OC)C[C@H]5O)[C@@H]3C[C@](O)([C@H](OC(=O)c4ccccc4)[C@@H]31)[C@@H](OC)[C@@H]2O. The number of unbranched alkanes of at least 4 members (excludes halogenated alkanes) is 8. The molecule has 1 aliphatic heterocycles. The minimum Gasteiger partial charge on any atom is -0.455 e. The van der Waals surface area contributed by atoms with Crippen LogP contribution in [0.5, 0.6) is 0 Å². The quantitative estimate of drug-likeness (QED) is 0.0631. The molecule has 6 fully saturated rings. The molecule has 62 heavy (non-hydrogen) atoms. The molecule has 15 atom stereocenters. The van der Waals surface area contributed by atoms with Gasteiger partial charge in [0.05, 0.1) is 30.5 Å². The van der Waals surface area contributed by atoms with E-state index in [1.165, 1.54) is 26.4 Å². The maximum atomic E-state index is 14.6. The van der Waals surface area contributed by atoms with E-state index in [0.717, 1.165) is 44.9 Å². The van der Waals surface area contributed by atoms with E-state index in [0.29, 0.717) is 31.5 Å². The van der Waals surface area contributed by atoms with E-state index in [1.807, 2.05) is 6.07 Å². The Morgan fingerprint density at radius 1 is 0.839 bits per heavy atom. The number of esters is 2. The predicted molar refractivity (Wildman–Crippen MR) is 234 cm³/mol. The van der Waals surface area contributed by atoms with Crippen LogP contribution in [0.3, 0.4) is 0 Å². The summed E-state index contributed by atoms with van der Waals surface area (Å²) in [7, 11) is 6.40. The lowest BCUT2D eigenvalue weighted by atomic mass is 9.42. The number of carbonyl (C=O) groups is 2. The summed E-state index contributed by atoms with van der Waals surface area (Å²) in [6.45, 7) is 5.63. The molecular formula is C50H75NO11. The van der Waals surface area contributed by atoms with Gasteiger partial charge >= 0.3 is 11.9 Å². The van der Waals surface area contributed by atoms with Gasteiger partial charge in [-0.2, -0.15) is 0 Å². The van der Waals surface area contributed by atoms with Crippen LogP contribution in [-0.2, 0) is 33.2 Å². The molecule has 0 unspecified atom stereocenters. The number of likely N-dealkylation sites (tertiary alicyclic amines) is 1. The van der Waals surface area contributed by atoms with Crippen LogP contribution in [-0.4, -0.2) is 134 Å². The van der Waals surface area contributed by atoms with Gasteiger partial charge in [-0.05, 0) is 69.5 Å². The van der Waals surface area contributed by atoms with Gasteiger partial charge < -0.3 is 43.7 Å². The Morgan fingerprint density at radius 2 is 1.53 bits per heavy atom. The number of benzene rings is 1. The standard InChI is InChI=1S/C50H75NO11/c1-7-9-10-11-12-13-14-15-16-17-18-19-20-21-25-28-37(53)62-50-38-34(30-48(56,45(60-6)43(50)54)44(38)61-46(55)33-26-23-22-24-27-33)49-36(58-4)29-35(52)47(32-57-3)31-51(8-2)42(49)39(50)40(59-5)41(47)49/h12-13,15-16,22-24,26-27,34-36,38-45,52,54,56H,7-11,14,17-21,25,28-32H2,1-6H3/b13-12-,16-15-/t34-,35-,36+,38-,39-,40+,41-,42-,43+,44-,45+,47+,48+,49+,50-/m1/s1. The molecule has 1 aromatic rings. The zero-order valence-corrected chi connectivity index (χ0v) is 38.1. The third kappa shape index (κ3) is 7.54. The third-order valence-electron chi connectivity index (χ3n) is 16.5. The fourth-order valence-corrected chi connectivity index (χ4v) is 14.4. The fraction of sp³-hybridized carbons (Fsp3) is 0.760.